The highest BCUT2D eigenvalue weighted by Gasteiger charge is 2.31. The van der Waals surface area contributed by atoms with E-state index in [1.165, 1.54) is 25.7 Å². The van der Waals surface area contributed by atoms with Crippen molar-refractivity contribution in [3.05, 3.63) is 0 Å². The number of nitrogens with zero attached hydrogens (tertiary/aromatic N) is 2. The molecule has 22 heavy (non-hydrogen) atoms. The second-order valence-corrected chi connectivity index (χ2v) is 7.30. The van der Waals surface area contributed by atoms with E-state index in [0.717, 1.165) is 64.1 Å². The number of rotatable bonds is 2. The fourth-order valence-corrected chi connectivity index (χ4v) is 4.24. The summed E-state index contributed by atoms with van der Waals surface area (Å²) in [6.07, 6.45) is 7.56. The lowest BCUT2D eigenvalue weighted by Gasteiger charge is -2.42. The number of hydrogen-bond acceptors (Lipinski definition) is 3. The third-order valence-electron chi connectivity index (χ3n) is 5.82. The standard InChI is InChI=1S/C17H31N3O.ClH/c1-14-2-4-16(5-3-14)19-10-12-20(13-11-19)17(21)15-6-8-18-9-7-15;/h14-16,18H,2-13H2,1H3;1H. The number of piperazine rings is 1. The molecule has 0 atom stereocenters. The van der Waals surface area contributed by atoms with Crippen LogP contribution in [0, 0.1) is 11.8 Å². The number of carbonyl (C=O) groups is 1. The molecule has 3 aliphatic rings. The predicted octanol–water partition coefficient (Wildman–Crippen LogP) is 2.13. The summed E-state index contributed by atoms with van der Waals surface area (Å²) in [7, 11) is 0. The minimum atomic E-state index is 0. The minimum Gasteiger partial charge on any atom is -0.340 e. The topological polar surface area (TPSA) is 35.6 Å². The molecule has 128 valence electrons. The van der Waals surface area contributed by atoms with Gasteiger partial charge in [0.05, 0.1) is 0 Å². The van der Waals surface area contributed by atoms with Crippen LogP contribution in [0.3, 0.4) is 0 Å². The van der Waals surface area contributed by atoms with Gasteiger partial charge in [-0.15, -0.1) is 12.4 Å². The molecule has 2 heterocycles. The average Bonchev–Trinajstić information content (AvgIpc) is 2.56. The van der Waals surface area contributed by atoms with Crippen LogP contribution < -0.4 is 5.32 Å². The van der Waals surface area contributed by atoms with Crippen LogP contribution in [-0.4, -0.2) is 61.0 Å². The van der Waals surface area contributed by atoms with Crippen molar-refractivity contribution < 1.29 is 4.79 Å². The Morgan fingerprint density at radius 3 is 2.09 bits per heavy atom. The fraction of sp³-hybridized carbons (Fsp3) is 0.941. The van der Waals surface area contributed by atoms with E-state index < -0.39 is 0 Å². The zero-order valence-electron chi connectivity index (χ0n) is 13.9. The van der Waals surface area contributed by atoms with Gasteiger partial charge in [-0.3, -0.25) is 9.69 Å². The first kappa shape index (κ1) is 18.0. The van der Waals surface area contributed by atoms with Gasteiger partial charge in [-0.1, -0.05) is 6.92 Å². The lowest BCUT2D eigenvalue weighted by Crippen LogP contribution is -2.54. The number of carbonyl (C=O) groups excluding carboxylic acids is 1. The molecule has 0 aromatic carbocycles. The predicted molar refractivity (Wildman–Crippen MR) is 92.4 cm³/mol. The van der Waals surface area contributed by atoms with E-state index in [9.17, 15) is 4.79 Å². The molecular weight excluding hydrogens is 298 g/mol. The van der Waals surface area contributed by atoms with Crippen molar-refractivity contribution in [1.82, 2.24) is 15.1 Å². The number of halogens is 1. The summed E-state index contributed by atoms with van der Waals surface area (Å²) in [5, 5.41) is 3.35. The molecule has 3 rings (SSSR count). The minimum absolute atomic E-state index is 0. The molecular formula is C17H32ClN3O. The van der Waals surface area contributed by atoms with Crippen LogP contribution in [0.15, 0.2) is 0 Å². The molecule has 0 unspecified atom stereocenters. The highest BCUT2D eigenvalue weighted by Crippen LogP contribution is 2.28. The van der Waals surface area contributed by atoms with E-state index in [-0.39, 0.29) is 18.3 Å². The maximum atomic E-state index is 12.6. The van der Waals surface area contributed by atoms with Crippen LogP contribution in [0.4, 0.5) is 0 Å². The number of nitrogens with one attached hydrogen (secondary N) is 1. The van der Waals surface area contributed by atoms with E-state index in [1.807, 2.05) is 0 Å². The Labute approximate surface area is 141 Å². The van der Waals surface area contributed by atoms with Gasteiger partial charge in [-0.05, 0) is 57.5 Å². The van der Waals surface area contributed by atoms with E-state index in [1.54, 1.807) is 0 Å². The van der Waals surface area contributed by atoms with E-state index in [0.29, 0.717) is 5.91 Å². The number of piperidine rings is 1. The van der Waals surface area contributed by atoms with Crippen LogP contribution in [0.2, 0.25) is 0 Å². The Bertz CT molecular complexity index is 344. The van der Waals surface area contributed by atoms with E-state index >= 15 is 0 Å². The highest BCUT2D eigenvalue weighted by atomic mass is 35.5. The molecule has 2 aliphatic heterocycles. The SMILES string of the molecule is CC1CCC(N2CCN(C(=O)C3CCNCC3)CC2)CC1.Cl. The van der Waals surface area contributed by atoms with Gasteiger partial charge < -0.3 is 10.2 Å². The highest BCUT2D eigenvalue weighted by molar-refractivity contribution is 5.85. The van der Waals surface area contributed by atoms with Crippen LogP contribution in [-0.2, 0) is 4.79 Å². The Hall–Kier alpha value is -0.320. The Kier molecular flexibility index (Phi) is 6.97. The van der Waals surface area contributed by atoms with Crippen molar-refractivity contribution in [1.29, 1.82) is 0 Å². The molecule has 4 nitrogen and oxygen atoms in total. The summed E-state index contributed by atoms with van der Waals surface area (Å²) >= 11 is 0. The number of hydrogen-bond donors (Lipinski definition) is 1. The van der Waals surface area contributed by atoms with Gasteiger partial charge in [-0.2, -0.15) is 0 Å². The van der Waals surface area contributed by atoms with E-state index in [4.69, 9.17) is 0 Å². The fourth-order valence-electron chi connectivity index (χ4n) is 4.24. The molecule has 0 aromatic rings. The normalized spacial score (nSPS) is 31.6. The van der Waals surface area contributed by atoms with Gasteiger partial charge in [0.25, 0.3) is 0 Å². The van der Waals surface area contributed by atoms with Gasteiger partial charge in [-0.25, -0.2) is 0 Å². The second-order valence-electron chi connectivity index (χ2n) is 7.30. The van der Waals surface area contributed by atoms with Crippen LogP contribution in [0.5, 0.6) is 0 Å². The molecule has 5 heteroatoms. The summed E-state index contributed by atoms with van der Waals surface area (Å²) in [6.45, 7) is 8.49. The average molecular weight is 330 g/mol. The number of amides is 1. The van der Waals surface area contributed by atoms with Crippen molar-refractivity contribution in [2.75, 3.05) is 39.3 Å². The molecule has 1 saturated carbocycles. The van der Waals surface area contributed by atoms with Gasteiger partial charge in [0, 0.05) is 38.1 Å². The van der Waals surface area contributed by atoms with E-state index in [2.05, 4.69) is 22.0 Å². The molecule has 0 aromatic heterocycles. The summed E-state index contributed by atoms with van der Waals surface area (Å²) in [4.78, 5) is 17.3. The quantitative estimate of drug-likeness (QED) is 0.843. The maximum Gasteiger partial charge on any atom is 0.225 e. The van der Waals surface area contributed by atoms with Crippen molar-refractivity contribution in [2.45, 2.75) is 51.5 Å². The summed E-state index contributed by atoms with van der Waals surface area (Å²) in [5.74, 6) is 1.63. The molecule has 3 fully saturated rings. The van der Waals surface area contributed by atoms with Crippen LogP contribution in [0.1, 0.15) is 45.4 Å². The second kappa shape index (κ2) is 8.51. The first-order valence-corrected chi connectivity index (χ1v) is 8.97. The maximum absolute atomic E-state index is 12.6. The monoisotopic (exact) mass is 329 g/mol. The third kappa shape index (κ3) is 4.36. The third-order valence-corrected chi connectivity index (χ3v) is 5.82. The Morgan fingerprint density at radius 1 is 0.909 bits per heavy atom. The van der Waals surface area contributed by atoms with Gasteiger partial charge in [0.1, 0.15) is 0 Å². The zero-order chi connectivity index (χ0) is 14.7. The largest absolute Gasteiger partial charge is 0.340 e. The molecule has 2 saturated heterocycles. The van der Waals surface area contributed by atoms with Crippen molar-refractivity contribution >= 4 is 18.3 Å². The zero-order valence-corrected chi connectivity index (χ0v) is 14.7. The molecule has 0 radical (unpaired) electrons. The van der Waals surface area contributed by atoms with Crippen molar-refractivity contribution in [3.63, 3.8) is 0 Å². The molecule has 0 spiro atoms. The first-order valence-electron chi connectivity index (χ1n) is 8.97. The molecule has 1 aliphatic carbocycles. The van der Waals surface area contributed by atoms with Gasteiger partial charge >= 0.3 is 0 Å². The lowest BCUT2D eigenvalue weighted by atomic mass is 9.86. The lowest BCUT2D eigenvalue weighted by molar-refractivity contribution is -0.138. The van der Waals surface area contributed by atoms with Crippen LogP contribution in [0.25, 0.3) is 0 Å². The van der Waals surface area contributed by atoms with Crippen molar-refractivity contribution in [3.8, 4) is 0 Å². The van der Waals surface area contributed by atoms with Gasteiger partial charge in [0.15, 0.2) is 0 Å². The van der Waals surface area contributed by atoms with Gasteiger partial charge in [0.2, 0.25) is 5.91 Å². The summed E-state index contributed by atoms with van der Waals surface area (Å²) in [6, 6.07) is 0.789. The molecule has 1 N–H and O–H groups in total. The van der Waals surface area contributed by atoms with Crippen LogP contribution >= 0.6 is 12.4 Å². The molecule has 0 bridgehead atoms. The van der Waals surface area contributed by atoms with Crippen molar-refractivity contribution in [2.24, 2.45) is 11.8 Å². The Balaban J connectivity index is 0.00000176. The molecule has 1 amide bonds. The first-order chi connectivity index (χ1) is 10.2. The summed E-state index contributed by atoms with van der Waals surface area (Å²) in [5.41, 5.74) is 0. The smallest absolute Gasteiger partial charge is 0.225 e. The Morgan fingerprint density at radius 2 is 1.50 bits per heavy atom. The summed E-state index contributed by atoms with van der Waals surface area (Å²) < 4.78 is 0.